The molecule has 5 aliphatic carbocycles. The fraction of sp³-hybridized carbons (Fsp3) is 0.905. The molecule has 8 rings (SSSR count). The van der Waals surface area contributed by atoms with Gasteiger partial charge in [-0.2, -0.15) is 0 Å². The van der Waals surface area contributed by atoms with E-state index >= 15 is 0 Å². The zero-order chi connectivity index (χ0) is 38.2. The molecule has 0 aromatic heterocycles. The minimum absolute atomic E-state index is 0.0305. The fourth-order valence-electron chi connectivity index (χ4n) is 13.8. The van der Waals surface area contributed by atoms with Crippen LogP contribution < -0.4 is 5.32 Å². The number of fused-ring (bicyclic) bond motifs is 6. The average molecular weight is 759 g/mol. The highest BCUT2D eigenvalue weighted by Gasteiger charge is 2.73. The van der Waals surface area contributed by atoms with Gasteiger partial charge in [0.05, 0.1) is 29.5 Å². The molecule has 0 spiro atoms. The van der Waals surface area contributed by atoms with Crippen LogP contribution in [0.1, 0.15) is 104 Å². The second kappa shape index (κ2) is 14.7. The van der Waals surface area contributed by atoms with Crippen molar-refractivity contribution < 1.29 is 49.3 Å². The first-order valence-electron chi connectivity index (χ1n) is 21.3. The van der Waals surface area contributed by atoms with Gasteiger partial charge in [-0.05, 0) is 118 Å². The molecule has 0 aromatic carbocycles. The van der Waals surface area contributed by atoms with E-state index in [0.717, 1.165) is 63.4 Å². The van der Waals surface area contributed by atoms with E-state index in [1.165, 1.54) is 0 Å². The standard InChI is InChI=1S/C42H66N2O10/c1-39-13-10-25(53-19-7-18-52-3)20-30(39)32(46)22-29-28(39)11-14-41(24-8-5-4-6-9-24)33(12-15-42(29,41)51)40(2,50)36(47)34-27(23-45)26-21-31(38(49)44-16-17-44)43-37(48)35(26)54-34/h22,24-28,30-31,33-37,43,45,47-48,50-51H,4-21,23H2,1-3H3. The highest BCUT2D eigenvalue weighted by atomic mass is 16.5. The number of nitrogens with one attached hydrogen (secondary N) is 1. The first-order valence-corrected chi connectivity index (χ1v) is 21.3. The Morgan fingerprint density at radius 2 is 1.83 bits per heavy atom. The van der Waals surface area contributed by atoms with Crippen LogP contribution in [0.25, 0.3) is 0 Å². The number of ether oxygens (including phenoxy) is 3. The zero-order valence-electron chi connectivity index (χ0n) is 32.7. The number of methoxy groups -OCH3 is 1. The summed E-state index contributed by atoms with van der Waals surface area (Å²) in [5, 5.41) is 63.6. The highest BCUT2D eigenvalue weighted by Crippen LogP contribution is 2.72. The normalized spacial score (nSPS) is 46.5. The second-order valence-corrected chi connectivity index (χ2v) is 19.1. The van der Waals surface area contributed by atoms with E-state index in [1.54, 1.807) is 25.0 Å². The van der Waals surface area contributed by atoms with Crippen molar-refractivity contribution in [3.63, 3.8) is 0 Å². The van der Waals surface area contributed by atoms with Gasteiger partial charge in [0.1, 0.15) is 18.4 Å². The van der Waals surface area contributed by atoms with Crippen molar-refractivity contribution in [2.24, 2.45) is 46.3 Å². The summed E-state index contributed by atoms with van der Waals surface area (Å²) in [4.78, 5) is 29.0. The lowest BCUT2D eigenvalue weighted by Gasteiger charge is -2.64. The molecule has 0 radical (unpaired) electrons. The lowest BCUT2D eigenvalue weighted by Crippen LogP contribution is -2.66. The summed E-state index contributed by atoms with van der Waals surface area (Å²) >= 11 is 0. The third-order valence-electron chi connectivity index (χ3n) is 16.6. The number of amides is 1. The molecule has 54 heavy (non-hydrogen) atoms. The van der Waals surface area contributed by atoms with Gasteiger partial charge in [-0.25, -0.2) is 0 Å². The summed E-state index contributed by atoms with van der Waals surface area (Å²) in [6.45, 7) is 6.25. The molecular weight excluding hydrogens is 692 g/mol. The monoisotopic (exact) mass is 758 g/mol. The second-order valence-electron chi connectivity index (χ2n) is 19.1. The Balaban J connectivity index is 1.08. The van der Waals surface area contributed by atoms with Crippen LogP contribution in [-0.2, 0) is 23.8 Å². The van der Waals surface area contributed by atoms with Crippen molar-refractivity contribution in [3.8, 4) is 0 Å². The number of piperidine rings is 1. The summed E-state index contributed by atoms with van der Waals surface area (Å²) in [5.74, 6) is -1.51. The van der Waals surface area contributed by atoms with Crippen LogP contribution in [0.15, 0.2) is 11.6 Å². The van der Waals surface area contributed by atoms with E-state index in [4.69, 9.17) is 14.2 Å². The van der Waals surface area contributed by atoms with Gasteiger partial charge in [0, 0.05) is 57.3 Å². The molecular formula is C42H66N2O10. The van der Waals surface area contributed by atoms with Gasteiger partial charge in [-0.1, -0.05) is 26.2 Å². The van der Waals surface area contributed by atoms with Crippen LogP contribution in [0.4, 0.5) is 0 Å². The van der Waals surface area contributed by atoms with Crippen LogP contribution in [0.3, 0.4) is 0 Å². The largest absolute Gasteiger partial charge is 0.396 e. The van der Waals surface area contributed by atoms with Crippen molar-refractivity contribution in [2.75, 3.05) is 40.0 Å². The molecule has 3 heterocycles. The molecule has 15 unspecified atom stereocenters. The maximum absolute atomic E-state index is 14.3. The summed E-state index contributed by atoms with van der Waals surface area (Å²) in [5.41, 5.74) is -3.24. The maximum Gasteiger partial charge on any atom is 0.239 e. The topological polar surface area (TPSA) is 178 Å². The van der Waals surface area contributed by atoms with Gasteiger partial charge in [0.2, 0.25) is 5.91 Å². The van der Waals surface area contributed by atoms with Crippen LogP contribution in [0.5, 0.6) is 0 Å². The molecule has 0 aromatic rings. The number of hydrogen-bond donors (Lipinski definition) is 6. The summed E-state index contributed by atoms with van der Waals surface area (Å²) in [7, 11) is 1.69. The minimum Gasteiger partial charge on any atom is -0.396 e. The first-order chi connectivity index (χ1) is 25.8. The molecule has 0 bridgehead atoms. The third-order valence-corrected chi connectivity index (χ3v) is 16.6. The molecule has 12 nitrogen and oxygen atoms in total. The van der Waals surface area contributed by atoms with E-state index in [0.29, 0.717) is 58.4 Å². The predicted molar refractivity (Wildman–Crippen MR) is 198 cm³/mol. The fourth-order valence-corrected chi connectivity index (χ4v) is 13.8. The number of carbonyl (C=O) groups excluding carboxylic acids is 2. The van der Waals surface area contributed by atoms with Crippen molar-refractivity contribution in [1.29, 1.82) is 0 Å². The van der Waals surface area contributed by atoms with Gasteiger partial charge in [-0.3, -0.25) is 14.9 Å². The number of hydrogen-bond acceptors (Lipinski definition) is 11. The third kappa shape index (κ3) is 6.10. The maximum atomic E-state index is 14.3. The van der Waals surface area contributed by atoms with Gasteiger partial charge in [0.15, 0.2) is 5.78 Å². The van der Waals surface area contributed by atoms with Gasteiger partial charge in [0.25, 0.3) is 0 Å². The summed E-state index contributed by atoms with van der Waals surface area (Å²) in [6.07, 6.45) is 8.52. The number of rotatable bonds is 11. The molecule has 7 fully saturated rings. The Labute approximate surface area is 320 Å². The zero-order valence-corrected chi connectivity index (χ0v) is 32.7. The first kappa shape index (κ1) is 39.4. The van der Waals surface area contributed by atoms with E-state index in [-0.39, 0.29) is 47.6 Å². The van der Waals surface area contributed by atoms with E-state index < -0.39 is 65.0 Å². The van der Waals surface area contributed by atoms with E-state index in [9.17, 15) is 35.1 Å². The Hall–Kier alpha value is -1.48. The van der Waals surface area contributed by atoms with Crippen LogP contribution in [0, 0.1) is 46.3 Å². The van der Waals surface area contributed by atoms with Crippen LogP contribution in [-0.4, -0.2) is 130 Å². The van der Waals surface area contributed by atoms with E-state index in [2.05, 4.69) is 12.2 Å². The Bertz CT molecular complexity index is 1450. The number of nitrogens with zero attached hydrogens (tertiary/aromatic N) is 1. The minimum atomic E-state index is -1.72. The van der Waals surface area contributed by atoms with Gasteiger partial charge >= 0.3 is 0 Å². The molecule has 3 saturated heterocycles. The molecule has 8 aliphatic rings. The lowest BCUT2D eigenvalue weighted by atomic mass is 9.42. The molecule has 4 saturated carbocycles. The SMILES string of the molecule is COCCCOC1CCC2(C)C(C1)C(=O)C=C1C2CCC2(C3CCCCC3)C(C(C)(O)C(O)C3OC4C(O)NC(C(=O)N5CC5)CC4C3CO)CCC12O. The van der Waals surface area contributed by atoms with E-state index in [1.807, 2.05) is 0 Å². The quantitative estimate of drug-likeness (QED) is 0.135. The van der Waals surface area contributed by atoms with Gasteiger partial charge < -0.3 is 44.6 Å². The number of allylic oxidation sites excluding steroid dienone is 1. The lowest BCUT2D eigenvalue weighted by molar-refractivity contribution is -0.221. The molecule has 6 N–H and O–H groups in total. The van der Waals surface area contributed by atoms with Crippen molar-refractivity contribution in [2.45, 2.75) is 152 Å². The molecule has 304 valence electrons. The predicted octanol–water partition coefficient (Wildman–Crippen LogP) is 2.47. The molecule has 1 amide bonds. The highest BCUT2D eigenvalue weighted by molar-refractivity contribution is 5.95. The van der Waals surface area contributed by atoms with Crippen LogP contribution in [0.2, 0.25) is 0 Å². The van der Waals surface area contributed by atoms with Gasteiger partial charge in [-0.15, -0.1) is 0 Å². The number of ketones is 1. The Morgan fingerprint density at radius 1 is 1.07 bits per heavy atom. The molecule has 3 aliphatic heterocycles. The Kier molecular flexibility index (Phi) is 10.7. The van der Waals surface area contributed by atoms with Crippen LogP contribution >= 0.6 is 0 Å². The average Bonchev–Trinajstić information content (AvgIpc) is 3.86. The molecule has 15 atom stereocenters. The number of carbonyl (C=O) groups is 2. The molecule has 12 heteroatoms. The van der Waals surface area contributed by atoms with Crippen molar-refractivity contribution in [3.05, 3.63) is 11.6 Å². The summed E-state index contributed by atoms with van der Waals surface area (Å²) < 4.78 is 17.8. The smallest absolute Gasteiger partial charge is 0.239 e. The van der Waals surface area contributed by atoms with Crippen molar-refractivity contribution >= 4 is 11.7 Å². The number of aliphatic hydroxyl groups excluding tert-OH is 3. The number of aliphatic hydroxyl groups is 5. The summed E-state index contributed by atoms with van der Waals surface area (Å²) in [6, 6.07) is -0.608. The Morgan fingerprint density at radius 3 is 2.54 bits per heavy atom. The van der Waals surface area contributed by atoms with Crippen molar-refractivity contribution in [1.82, 2.24) is 10.2 Å².